The zero-order valence-electron chi connectivity index (χ0n) is 12.7. The number of rotatable bonds is 5. The molecule has 0 bridgehead atoms. The molecule has 5 heteroatoms. The van der Waals surface area contributed by atoms with Gasteiger partial charge in [0.25, 0.3) is 0 Å². The molecule has 0 spiro atoms. The molecule has 2 unspecified atom stereocenters. The molecule has 3 N–H and O–H groups in total. The molecule has 4 nitrogen and oxygen atoms in total. The molecule has 0 aromatic heterocycles. The van der Waals surface area contributed by atoms with Crippen LogP contribution in [0.5, 0.6) is 0 Å². The predicted octanol–water partition coefficient (Wildman–Crippen LogP) is 2.53. The average Bonchev–Trinajstić information content (AvgIpc) is 2.63. The number of sulfonamides is 1. The summed E-state index contributed by atoms with van der Waals surface area (Å²) in [7, 11) is -3.31. The summed E-state index contributed by atoms with van der Waals surface area (Å²) in [5, 5.41) is 0. The van der Waals surface area contributed by atoms with Crippen molar-refractivity contribution in [1.29, 1.82) is 0 Å². The van der Waals surface area contributed by atoms with Crippen molar-refractivity contribution in [1.82, 2.24) is 4.72 Å². The fourth-order valence-corrected chi connectivity index (χ4v) is 4.52. The van der Waals surface area contributed by atoms with Crippen LogP contribution in [-0.4, -0.2) is 14.5 Å². The summed E-state index contributed by atoms with van der Waals surface area (Å²) in [5.74, 6) is 0.726. The standard InChI is InChI=1S/C16H26N2O2S/c1-13-5-4-8-16(10-9-13)18-21(19,20)12-15-7-3-2-6-14(15)11-17/h2-3,6-7,13,16,18H,4-5,8-12,17H2,1H3. The van der Waals surface area contributed by atoms with E-state index in [1.807, 2.05) is 24.3 Å². The van der Waals surface area contributed by atoms with Crippen molar-refractivity contribution in [2.45, 2.75) is 57.4 Å². The molecule has 1 aliphatic rings. The minimum Gasteiger partial charge on any atom is -0.326 e. The van der Waals surface area contributed by atoms with E-state index in [0.29, 0.717) is 12.5 Å². The lowest BCUT2D eigenvalue weighted by Crippen LogP contribution is -2.35. The first kappa shape index (κ1) is 16.5. The third kappa shape index (κ3) is 5.09. The second-order valence-corrected chi connectivity index (χ2v) is 7.91. The van der Waals surface area contributed by atoms with Crippen molar-refractivity contribution in [2.24, 2.45) is 11.7 Å². The highest BCUT2D eigenvalue weighted by atomic mass is 32.2. The molecule has 1 saturated carbocycles. The molecule has 1 fully saturated rings. The van der Waals surface area contributed by atoms with Crippen LogP contribution in [0, 0.1) is 5.92 Å². The van der Waals surface area contributed by atoms with E-state index < -0.39 is 10.0 Å². The predicted molar refractivity (Wildman–Crippen MR) is 86.1 cm³/mol. The zero-order valence-corrected chi connectivity index (χ0v) is 13.5. The molecular formula is C16H26N2O2S. The third-order valence-corrected chi connectivity index (χ3v) is 5.67. The van der Waals surface area contributed by atoms with Crippen LogP contribution in [0.4, 0.5) is 0 Å². The van der Waals surface area contributed by atoms with E-state index in [1.165, 1.54) is 6.42 Å². The van der Waals surface area contributed by atoms with Gasteiger partial charge < -0.3 is 5.73 Å². The molecule has 1 aromatic rings. The molecule has 2 rings (SSSR count). The summed E-state index contributed by atoms with van der Waals surface area (Å²) in [6.45, 7) is 2.61. The fourth-order valence-electron chi connectivity index (χ4n) is 3.00. The first-order chi connectivity index (χ1) is 10.00. The Hall–Kier alpha value is -0.910. The van der Waals surface area contributed by atoms with E-state index in [1.54, 1.807) is 0 Å². The van der Waals surface area contributed by atoms with Crippen LogP contribution in [0.25, 0.3) is 0 Å². The lowest BCUT2D eigenvalue weighted by atomic mass is 10.0. The number of nitrogens with two attached hydrogens (primary N) is 1. The third-order valence-electron chi connectivity index (χ3n) is 4.29. The Balaban J connectivity index is 2.01. The van der Waals surface area contributed by atoms with E-state index in [9.17, 15) is 8.42 Å². The minimum absolute atomic E-state index is 0.0203. The maximum Gasteiger partial charge on any atom is 0.216 e. The van der Waals surface area contributed by atoms with E-state index >= 15 is 0 Å². The minimum atomic E-state index is -3.31. The number of hydrogen-bond acceptors (Lipinski definition) is 3. The first-order valence-corrected chi connectivity index (χ1v) is 9.42. The van der Waals surface area contributed by atoms with E-state index in [4.69, 9.17) is 5.73 Å². The molecule has 0 saturated heterocycles. The summed E-state index contributed by atoms with van der Waals surface area (Å²) in [5.41, 5.74) is 7.38. The van der Waals surface area contributed by atoms with Gasteiger partial charge in [-0.25, -0.2) is 13.1 Å². The van der Waals surface area contributed by atoms with Gasteiger partial charge in [-0.15, -0.1) is 0 Å². The number of benzene rings is 1. The van der Waals surface area contributed by atoms with Crippen molar-refractivity contribution in [3.63, 3.8) is 0 Å². The maximum absolute atomic E-state index is 12.4. The van der Waals surface area contributed by atoms with Gasteiger partial charge >= 0.3 is 0 Å². The molecular weight excluding hydrogens is 284 g/mol. The topological polar surface area (TPSA) is 72.2 Å². The van der Waals surface area contributed by atoms with Gasteiger partial charge in [0.2, 0.25) is 10.0 Å². The highest BCUT2D eigenvalue weighted by Gasteiger charge is 2.22. The Morgan fingerprint density at radius 2 is 1.86 bits per heavy atom. The monoisotopic (exact) mass is 310 g/mol. The molecule has 21 heavy (non-hydrogen) atoms. The van der Waals surface area contributed by atoms with Crippen LogP contribution >= 0.6 is 0 Å². The summed E-state index contributed by atoms with van der Waals surface area (Å²) in [6, 6.07) is 7.56. The van der Waals surface area contributed by atoms with Gasteiger partial charge in [-0.05, 0) is 36.3 Å². The van der Waals surface area contributed by atoms with Crippen LogP contribution in [0.3, 0.4) is 0 Å². The van der Waals surface area contributed by atoms with Gasteiger partial charge in [-0.3, -0.25) is 0 Å². The molecule has 0 radical (unpaired) electrons. The molecule has 2 atom stereocenters. The van der Waals surface area contributed by atoms with E-state index in [0.717, 1.165) is 36.8 Å². The van der Waals surface area contributed by atoms with Gasteiger partial charge in [0.1, 0.15) is 0 Å². The number of nitrogens with one attached hydrogen (secondary N) is 1. The van der Waals surface area contributed by atoms with Crippen molar-refractivity contribution in [2.75, 3.05) is 0 Å². The SMILES string of the molecule is CC1CCCC(NS(=O)(=O)Cc2ccccc2CN)CC1. The van der Waals surface area contributed by atoms with E-state index in [-0.39, 0.29) is 11.8 Å². The van der Waals surface area contributed by atoms with Gasteiger partial charge in [0.15, 0.2) is 0 Å². The summed E-state index contributed by atoms with van der Waals surface area (Å²) in [4.78, 5) is 0. The summed E-state index contributed by atoms with van der Waals surface area (Å²) < 4.78 is 27.6. The molecule has 1 aromatic carbocycles. The van der Waals surface area contributed by atoms with Crippen LogP contribution < -0.4 is 10.5 Å². The van der Waals surface area contributed by atoms with Crippen LogP contribution in [0.1, 0.15) is 50.2 Å². The van der Waals surface area contributed by atoms with E-state index in [2.05, 4.69) is 11.6 Å². The summed E-state index contributed by atoms with van der Waals surface area (Å²) in [6.07, 6.45) is 5.30. The molecule has 0 heterocycles. The van der Waals surface area contributed by atoms with Gasteiger partial charge in [-0.1, -0.05) is 44.0 Å². The second kappa shape index (κ2) is 7.38. The Labute approximate surface area is 128 Å². The molecule has 0 amide bonds. The highest BCUT2D eigenvalue weighted by Crippen LogP contribution is 2.23. The van der Waals surface area contributed by atoms with Gasteiger partial charge in [0, 0.05) is 12.6 Å². The largest absolute Gasteiger partial charge is 0.326 e. The second-order valence-electron chi connectivity index (χ2n) is 6.16. The lowest BCUT2D eigenvalue weighted by Gasteiger charge is -2.17. The molecule has 0 aliphatic heterocycles. The van der Waals surface area contributed by atoms with Gasteiger partial charge in [0.05, 0.1) is 5.75 Å². The Bertz CT molecular complexity index is 557. The Morgan fingerprint density at radius 3 is 2.57 bits per heavy atom. The van der Waals surface area contributed by atoms with Crippen molar-refractivity contribution in [3.8, 4) is 0 Å². The van der Waals surface area contributed by atoms with Crippen molar-refractivity contribution < 1.29 is 8.42 Å². The van der Waals surface area contributed by atoms with Gasteiger partial charge in [-0.2, -0.15) is 0 Å². The Kier molecular flexibility index (Phi) is 5.79. The van der Waals surface area contributed by atoms with Crippen molar-refractivity contribution >= 4 is 10.0 Å². The molecule has 1 aliphatic carbocycles. The Morgan fingerprint density at radius 1 is 1.14 bits per heavy atom. The van der Waals surface area contributed by atoms with Crippen LogP contribution in [0.2, 0.25) is 0 Å². The molecule has 118 valence electrons. The normalized spacial score (nSPS) is 23.7. The van der Waals surface area contributed by atoms with Crippen LogP contribution in [-0.2, 0) is 22.3 Å². The highest BCUT2D eigenvalue weighted by molar-refractivity contribution is 7.88. The lowest BCUT2D eigenvalue weighted by molar-refractivity contribution is 0.484. The van der Waals surface area contributed by atoms with Crippen LogP contribution in [0.15, 0.2) is 24.3 Å². The van der Waals surface area contributed by atoms with Crippen molar-refractivity contribution in [3.05, 3.63) is 35.4 Å². The average molecular weight is 310 g/mol. The smallest absolute Gasteiger partial charge is 0.216 e. The number of hydrogen-bond donors (Lipinski definition) is 2. The zero-order chi connectivity index (χ0) is 15.3. The fraction of sp³-hybridized carbons (Fsp3) is 0.625. The quantitative estimate of drug-likeness (QED) is 0.821. The summed E-state index contributed by atoms with van der Waals surface area (Å²) >= 11 is 0. The maximum atomic E-state index is 12.4. The first-order valence-electron chi connectivity index (χ1n) is 7.77.